The van der Waals surface area contributed by atoms with Crippen molar-refractivity contribution >= 4 is 42.6 Å². The first-order chi connectivity index (χ1) is 10.8. The first kappa shape index (κ1) is 16.3. The molecule has 0 aliphatic carbocycles. The first-order valence-electron chi connectivity index (χ1n) is 7.15. The number of aromatic nitrogens is 1. The fourth-order valence-electron chi connectivity index (χ4n) is 2.62. The SMILES string of the molecule is CS(=O)(=O)N1CCCC(C(=O)Nc2nc3ccc(F)cc3s2)C1. The lowest BCUT2D eigenvalue weighted by atomic mass is 9.99. The number of thiazole rings is 1. The number of nitrogens with zero attached hydrogens (tertiary/aromatic N) is 2. The summed E-state index contributed by atoms with van der Waals surface area (Å²) in [5.74, 6) is -1.00. The van der Waals surface area contributed by atoms with Crippen LogP contribution >= 0.6 is 11.3 Å². The number of amides is 1. The van der Waals surface area contributed by atoms with E-state index in [-0.39, 0.29) is 18.3 Å². The molecule has 6 nitrogen and oxygen atoms in total. The number of carbonyl (C=O) groups is 1. The molecule has 9 heteroatoms. The van der Waals surface area contributed by atoms with Crippen LogP contribution in [-0.4, -0.2) is 43.0 Å². The number of fused-ring (bicyclic) bond motifs is 1. The summed E-state index contributed by atoms with van der Waals surface area (Å²) in [6, 6.07) is 4.25. The average Bonchev–Trinajstić information content (AvgIpc) is 2.87. The molecule has 0 saturated carbocycles. The van der Waals surface area contributed by atoms with Gasteiger partial charge in [-0.05, 0) is 31.0 Å². The highest BCUT2D eigenvalue weighted by Gasteiger charge is 2.30. The van der Waals surface area contributed by atoms with E-state index in [1.54, 1.807) is 6.07 Å². The number of benzene rings is 1. The molecular weight excluding hydrogens is 341 g/mol. The van der Waals surface area contributed by atoms with Crippen LogP contribution in [0.4, 0.5) is 9.52 Å². The molecule has 1 unspecified atom stereocenters. The molecule has 0 spiro atoms. The van der Waals surface area contributed by atoms with Crippen LogP contribution in [0.3, 0.4) is 0 Å². The van der Waals surface area contributed by atoms with Gasteiger partial charge in [-0.2, -0.15) is 0 Å². The second-order valence-electron chi connectivity index (χ2n) is 5.58. The number of hydrogen-bond acceptors (Lipinski definition) is 5. The quantitative estimate of drug-likeness (QED) is 0.912. The molecule has 1 amide bonds. The lowest BCUT2D eigenvalue weighted by Crippen LogP contribution is -2.43. The van der Waals surface area contributed by atoms with E-state index in [0.29, 0.717) is 34.7 Å². The van der Waals surface area contributed by atoms with E-state index in [0.717, 1.165) is 6.26 Å². The van der Waals surface area contributed by atoms with Crippen molar-refractivity contribution in [2.45, 2.75) is 12.8 Å². The van der Waals surface area contributed by atoms with Crippen molar-refractivity contribution in [3.05, 3.63) is 24.0 Å². The summed E-state index contributed by atoms with van der Waals surface area (Å²) in [5, 5.41) is 3.11. The van der Waals surface area contributed by atoms with Gasteiger partial charge in [-0.1, -0.05) is 11.3 Å². The molecule has 1 fully saturated rings. The molecule has 0 bridgehead atoms. The zero-order valence-electron chi connectivity index (χ0n) is 12.5. The molecule has 23 heavy (non-hydrogen) atoms. The van der Waals surface area contributed by atoms with Crippen LogP contribution in [0, 0.1) is 11.7 Å². The summed E-state index contributed by atoms with van der Waals surface area (Å²) in [5.41, 5.74) is 0.619. The molecule has 1 N–H and O–H groups in total. The minimum atomic E-state index is -3.29. The topological polar surface area (TPSA) is 79.4 Å². The van der Waals surface area contributed by atoms with Crippen LogP contribution in [0.2, 0.25) is 0 Å². The minimum absolute atomic E-state index is 0.185. The standard InChI is InChI=1S/C14H16FN3O3S2/c1-23(20,21)18-6-2-3-9(8-18)13(19)17-14-16-11-5-4-10(15)7-12(11)22-14/h4-5,7,9H,2-3,6,8H2,1H3,(H,16,17,19). The van der Waals surface area contributed by atoms with Gasteiger partial charge in [-0.3, -0.25) is 4.79 Å². The zero-order valence-corrected chi connectivity index (χ0v) is 14.1. The highest BCUT2D eigenvalue weighted by molar-refractivity contribution is 7.88. The molecule has 1 saturated heterocycles. The number of sulfonamides is 1. The predicted molar refractivity (Wildman–Crippen MR) is 87.3 cm³/mol. The maximum atomic E-state index is 13.2. The molecule has 1 atom stereocenters. The molecule has 1 aromatic carbocycles. The van der Waals surface area contributed by atoms with E-state index in [4.69, 9.17) is 0 Å². The van der Waals surface area contributed by atoms with Crippen LogP contribution in [0.1, 0.15) is 12.8 Å². The van der Waals surface area contributed by atoms with E-state index >= 15 is 0 Å². The van der Waals surface area contributed by atoms with Crippen molar-refractivity contribution in [1.29, 1.82) is 0 Å². The van der Waals surface area contributed by atoms with Crippen LogP contribution in [0.25, 0.3) is 10.2 Å². The van der Waals surface area contributed by atoms with Gasteiger partial charge in [0, 0.05) is 13.1 Å². The van der Waals surface area contributed by atoms with Gasteiger partial charge in [-0.15, -0.1) is 0 Å². The van der Waals surface area contributed by atoms with Crippen molar-refractivity contribution in [2.75, 3.05) is 24.7 Å². The number of carbonyl (C=O) groups excluding carboxylic acids is 1. The number of rotatable bonds is 3. The summed E-state index contributed by atoms with van der Waals surface area (Å²) < 4.78 is 38.4. The molecule has 124 valence electrons. The summed E-state index contributed by atoms with van der Waals surface area (Å²) in [6.45, 7) is 0.632. The number of anilines is 1. The molecule has 1 aromatic heterocycles. The lowest BCUT2D eigenvalue weighted by molar-refractivity contribution is -0.120. The third-order valence-electron chi connectivity index (χ3n) is 3.80. The summed E-state index contributed by atoms with van der Waals surface area (Å²) >= 11 is 1.20. The van der Waals surface area contributed by atoms with Crippen molar-refractivity contribution in [3.63, 3.8) is 0 Å². The average molecular weight is 357 g/mol. The van der Waals surface area contributed by atoms with Gasteiger partial charge in [0.05, 0.1) is 22.4 Å². The largest absolute Gasteiger partial charge is 0.302 e. The van der Waals surface area contributed by atoms with Crippen molar-refractivity contribution < 1.29 is 17.6 Å². The normalized spacial score (nSPS) is 19.8. The minimum Gasteiger partial charge on any atom is -0.302 e. The Kier molecular flexibility index (Phi) is 4.35. The summed E-state index contributed by atoms with van der Waals surface area (Å²) in [4.78, 5) is 16.6. The Morgan fingerprint density at radius 3 is 3.00 bits per heavy atom. The zero-order chi connectivity index (χ0) is 16.6. The fourth-order valence-corrected chi connectivity index (χ4v) is 4.42. The molecule has 3 rings (SSSR count). The van der Waals surface area contributed by atoms with Gasteiger partial charge in [0.25, 0.3) is 0 Å². The highest BCUT2D eigenvalue weighted by atomic mass is 32.2. The Bertz CT molecular complexity index is 850. The highest BCUT2D eigenvalue weighted by Crippen LogP contribution is 2.27. The predicted octanol–water partition coefficient (Wildman–Crippen LogP) is 2.05. The third-order valence-corrected chi connectivity index (χ3v) is 6.01. The van der Waals surface area contributed by atoms with Gasteiger partial charge in [0.1, 0.15) is 5.82 Å². The van der Waals surface area contributed by atoms with Gasteiger partial charge < -0.3 is 5.32 Å². The van der Waals surface area contributed by atoms with E-state index in [9.17, 15) is 17.6 Å². The van der Waals surface area contributed by atoms with Crippen LogP contribution < -0.4 is 5.32 Å². The first-order valence-corrected chi connectivity index (χ1v) is 9.81. The van der Waals surface area contributed by atoms with Crippen LogP contribution in [-0.2, 0) is 14.8 Å². The Morgan fingerprint density at radius 2 is 2.26 bits per heavy atom. The number of hydrogen-bond donors (Lipinski definition) is 1. The number of piperidine rings is 1. The van der Waals surface area contributed by atoms with E-state index in [1.165, 1.54) is 27.8 Å². The monoisotopic (exact) mass is 357 g/mol. The molecule has 1 aliphatic heterocycles. The van der Waals surface area contributed by atoms with Gasteiger partial charge in [-0.25, -0.2) is 22.1 Å². The molecule has 2 heterocycles. The van der Waals surface area contributed by atoms with Crippen molar-refractivity contribution in [1.82, 2.24) is 9.29 Å². The Balaban J connectivity index is 1.72. The van der Waals surface area contributed by atoms with Gasteiger partial charge >= 0.3 is 0 Å². The summed E-state index contributed by atoms with van der Waals surface area (Å²) in [7, 11) is -3.29. The van der Waals surface area contributed by atoms with Crippen molar-refractivity contribution in [3.8, 4) is 0 Å². The van der Waals surface area contributed by atoms with E-state index in [2.05, 4.69) is 10.3 Å². The molecule has 1 aliphatic rings. The Hall–Kier alpha value is -1.58. The van der Waals surface area contributed by atoms with Crippen LogP contribution in [0.5, 0.6) is 0 Å². The second kappa shape index (κ2) is 6.14. The molecule has 0 radical (unpaired) electrons. The Morgan fingerprint density at radius 1 is 1.48 bits per heavy atom. The fraction of sp³-hybridized carbons (Fsp3) is 0.429. The van der Waals surface area contributed by atoms with Crippen molar-refractivity contribution in [2.24, 2.45) is 5.92 Å². The second-order valence-corrected chi connectivity index (χ2v) is 8.59. The Labute approximate surface area is 137 Å². The van der Waals surface area contributed by atoms with Crippen LogP contribution in [0.15, 0.2) is 18.2 Å². The maximum absolute atomic E-state index is 13.2. The smallest absolute Gasteiger partial charge is 0.230 e. The lowest BCUT2D eigenvalue weighted by Gasteiger charge is -2.29. The third kappa shape index (κ3) is 3.67. The maximum Gasteiger partial charge on any atom is 0.230 e. The number of halogens is 1. The van der Waals surface area contributed by atoms with E-state index < -0.39 is 15.9 Å². The summed E-state index contributed by atoms with van der Waals surface area (Å²) in [6.07, 6.45) is 2.43. The molecule has 2 aromatic rings. The number of nitrogens with one attached hydrogen (secondary N) is 1. The van der Waals surface area contributed by atoms with E-state index in [1.807, 2.05) is 0 Å². The van der Waals surface area contributed by atoms with Gasteiger partial charge in [0.2, 0.25) is 15.9 Å². The molecular formula is C14H16FN3O3S2. The van der Waals surface area contributed by atoms with Gasteiger partial charge in [0.15, 0.2) is 5.13 Å².